The number of hydrogen-bond donors (Lipinski definition) is 0. The second kappa shape index (κ2) is 7.85. The van der Waals surface area contributed by atoms with Crippen LogP contribution in [0.3, 0.4) is 0 Å². The van der Waals surface area contributed by atoms with Crippen molar-refractivity contribution in [2.75, 3.05) is 12.1 Å². The van der Waals surface area contributed by atoms with E-state index < -0.39 is 0 Å². The van der Waals surface area contributed by atoms with E-state index in [1.165, 1.54) is 17.1 Å². The van der Waals surface area contributed by atoms with Crippen molar-refractivity contribution in [3.63, 3.8) is 0 Å². The van der Waals surface area contributed by atoms with Gasteiger partial charge in [-0.1, -0.05) is 54.6 Å². The number of anilines is 3. The zero-order valence-corrected chi connectivity index (χ0v) is 12.0. The van der Waals surface area contributed by atoms with Crippen LogP contribution in [0.1, 0.15) is 0 Å². The summed E-state index contributed by atoms with van der Waals surface area (Å²) in [6.07, 6.45) is 0. The molecule has 0 radical (unpaired) electrons. The van der Waals surface area contributed by atoms with Gasteiger partial charge in [0.25, 0.3) is 0 Å². The highest BCUT2D eigenvalue weighted by atomic mass is 19.1. The van der Waals surface area contributed by atoms with Crippen molar-refractivity contribution in [2.24, 2.45) is 0 Å². The van der Waals surface area contributed by atoms with Crippen molar-refractivity contribution in [3.05, 3.63) is 91.0 Å². The van der Waals surface area contributed by atoms with E-state index in [-0.39, 0.29) is 0 Å². The zero-order chi connectivity index (χ0) is 14.9. The van der Waals surface area contributed by atoms with Crippen LogP contribution in [0.15, 0.2) is 91.0 Å². The lowest BCUT2D eigenvalue weighted by Crippen LogP contribution is -2.09. The van der Waals surface area contributed by atoms with E-state index >= 15 is 0 Å². The van der Waals surface area contributed by atoms with Gasteiger partial charge in [0.05, 0.1) is 7.18 Å². The van der Waals surface area contributed by atoms with E-state index in [2.05, 4.69) is 77.7 Å². The maximum Gasteiger partial charge on any atom is 0.0785 e. The third kappa shape index (κ3) is 3.69. The van der Waals surface area contributed by atoms with Crippen LogP contribution in [0.25, 0.3) is 0 Å². The number of benzene rings is 3. The average molecular weight is 279 g/mol. The predicted octanol–water partition coefficient (Wildman–Crippen LogP) is 5.74. The molecule has 2 heteroatoms. The Labute approximate surface area is 125 Å². The van der Waals surface area contributed by atoms with Crippen molar-refractivity contribution >= 4 is 17.1 Å². The first kappa shape index (κ1) is 14.8. The monoisotopic (exact) mass is 279 g/mol. The highest BCUT2D eigenvalue weighted by Crippen LogP contribution is 2.33. The van der Waals surface area contributed by atoms with E-state index in [0.29, 0.717) is 7.18 Å². The summed E-state index contributed by atoms with van der Waals surface area (Å²) in [5.74, 6) is 0. The molecule has 3 aromatic rings. The lowest BCUT2D eigenvalue weighted by molar-refractivity contribution is 0.636. The molecular formula is C19H18FN. The van der Waals surface area contributed by atoms with Gasteiger partial charge < -0.3 is 4.90 Å². The largest absolute Gasteiger partial charge is 0.311 e. The normalized spacial score (nSPS) is 9.43. The standard InChI is InChI=1S/C18H15N.CH3F/c1-4-10-16(11-5-1)19(17-12-6-2-7-13-17)18-14-8-3-9-15-18;1-2/h1-15H;1H3. The molecule has 0 saturated carbocycles. The Kier molecular flexibility index (Phi) is 5.53. The number of para-hydroxylation sites is 3. The summed E-state index contributed by atoms with van der Waals surface area (Å²) in [6, 6.07) is 31.3. The maximum atomic E-state index is 9.50. The van der Waals surface area contributed by atoms with Crippen molar-refractivity contribution in [1.29, 1.82) is 0 Å². The van der Waals surface area contributed by atoms with Gasteiger partial charge in [0, 0.05) is 17.1 Å². The topological polar surface area (TPSA) is 3.24 Å². The Balaban J connectivity index is 0.000000774. The molecule has 0 amide bonds. The first-order chi connectivity index (χ1) is 10.4. The minimum atomic E-state index is 0.500. The molecule has 0 saturated heterocycles. The lowest BCUT2D eigenvalue weighted by atomic mass is 10.2. The minimum Gasteiger partial charge on any atom is -0.311 e. The van der Waals surface area contributed by atoms with Crippen molar-refractivity contribution in [3.8, 4) is 0 Å². The highest BCUT2D eigenvalue weighted by Gasteiger charge is 2.10. The smallest absolute Gasteiger partial charge is 0.0785 e. The van der Waals surface area contributed by atoms with Gasteiger partial charge in [-0.2, -0.15) is 0 Å². The number of nitrogens with zero attached hydrogens (tertiary/aromatic N) is 1. The number of halogens is 1. The molecule has 0 spiro atoms. The molecule has 0 unspecified atom stereocenters. The summed E-state index contributed by atoms with van der Waals surface area (Å²) in [5, 5.41) is 0. The second-order valence-corrected chi connectivity index (χ2v) is 4.34. The third-order valence-electron chi connectivity index (χ3n) is 3.04. The van der Waals surface area contributed by atoms with Gasteiger partial charge >= 0.3 is 0 Å². The molecule has 0 heterocycles. The zero-order valence-electron chi connectivity index (χ0n) is 12.0. The van der Waals surface area contributed by atoms with Crippen LogP contribution < -0.4 is 4.90 Å². The van der Waals surface area contributed by atoms with Crippen LogP contribution in [-0.4, -0.2) is 7.18 Å². The Morgan fingerprint density at radius 1 is 0.476 bits per heavy atom. The van der Waals surface area contributed by atoms with Crippen LogP contribution in [0, 0.1) is 0 Å². The van der Waals surface area contributed by atoms with Crippen LogP contribution in [0.5, 0.6) is 0 Å². The van der Waals surface area contributed by atoms with Gasteiger partial charge in [0.1, 0.15) is 0 Å². The van der Waals surface area contributed by atoms with Gasteiger partial charge in [0.2, 0.25) is 0 Å². The van der Waals surface area contributed by atoms with Gasteiger partial charge in [-0.25, -0.2) is 0 Å². The molecule has 0 N–H and O–H groups in total. The molecule has 106 valence electrons. The first-order valence-electron chi connectivity index (χ1n) is 6.78. The average Bonchev–Trinajstić information content (AvgIpc) is 2.60. The molecule has 0 aliphatic rings. The molecule has 0 aliphatic carbocycles. The Hall–Kier alpha value is -2.61. The Bertz CT molecular complexity index is 530. The van der Waals surface area contributed by atoms with E-state index in [1.807, 2.05) is 18.2 Å². The molecule has 0 fully saturated rings. The van der Waals surface area contributed by atoms with Crippen molar-refractivity contribution in [1.82, 2.24) is 0 Å². The summed E-state index contributed by atoms with van der Waals surface area (Å²) >= 11 is 0. The van der Waals surface area contributed by atoms with Crippen molar-refractivity contribution < 1.29 is 4.39 Å². The molecule has 1 nitrogen and oxygen atoms in total. The number of hydrogen-bond acceptors (Lipinski definition) is 1. The summed E-state index contributed by atoms with van der Waals surface area (Å²) in [4.78, 5) is 2.25. The van der Waals surface area contributed by atoms with Crippen LogP contribution in [0.4, 0.5) is 21.5 Å². The number of rotatable bonds is 3. The van der Waals surface area contributed by atoms with E-state index in [9.17, 15) is 4.39 Å². The first-order valence-corrected chi connectivity index (χ1v) is 6.78. The summed E-state index contributed by atoms with van der Waals surface area (Å²) in [6.45, 7) is 0. The Morgan fingerprint density at radius 3 is 0.952 bits per heavy atom. The fourth-order valence-electron chi connectivity index (χ4n) is 2.18. The number of alkyl halides is 1. The molecule has 0 atom stereocenters. The van der Waals surface area contributed by atoms with Gasteiger partial charge in [0.15, 0.2) is 0 Å². The SMILES string of the molecule is CF.c1ccc(N(c2ccccc2)c2ccccc2)cc1. The fourth-order valence-corrected chi connectivity index (χ4v) is 2.18. The highest BCUT2D eigenvalue weighted by molar-refractivity contribution is 5.76. The molecule has 21 heavy (non-hydrogen) atoms. The minimum absolute atomic E-state index is 0.500. The van der Waals surface area contributed by atoms with Gasteiger partial charge in [-0.15, -0.1) is 0 Å². The fraction of sp³-hybridized carbons (Fsp3) is 0.0526. The van der Waals surface area contributed by atoms with E-state index in [1.54, 1.807) is 0 Å². The molecule has 0 aliphatic heterocycles. The predicted molar refractivity (Wildman–Crippen MR) is 88.2 cm³/mol. The molecule has 3 rings (SSSR count). The second-order valence-electron chi connectivity index (χ2n) is 4.34. The maximum absolute atomic E-state index is 9.50. The molecule has 0 aromatic heterocycles. The molecule has 0 bridgehead atoms. The van der Waals surface area contributed by atoms with Crippen LogP contribution in [-0.2, 0) is 0 Å². The summed E-state index contributed by atoms with van der Waals surface area (Å²) in [7, 11) is 0.500. The van der Waals surface area contributed by atoms with Crippen molar-refractivity contribution in [2.45, 2.75) is 0 Å². The Morgan fingerprint density at radius 2 is 0.714 bits per heavy atom. The molecule has 3 aromatic carbocycles. The lowest BCUT2D eigenvalue weighted by Gasteiger charge is -2.25. The van der Waals surface area contributed by atoms with E-state index in [4.69, 9.17) is 0 Å². The van der Waals surface area contributed by atoms with Gasteiger partial charge in [-0.05, 0) is 36.4 Å². The third-order valence-corrected chi connectivity index (χ3v) is 3.04. The van der Waals surface area contributed by atoms with Crippen LogP contribution >= 0.6 is 0 Å². The van der Waals surface area contributed by atoms with Crippen LogP contribution in [0.2, 0.25) is 0 Å². The summed E-state index contributed by atoms with van der Waals surface area (Å²) in [5.41, 5.74) is 3.50. The quantitative estimate of drug-likeness (QED) is 0.590. The van der Waals surface area contributed by atoms with Gasteiger partial charge in [-0.3, -0.25) is 4.39 Å². The van der Waals surface area contributed by atoms with E-state index in [0.717, 1.165) is 0 Å². The summed E-state index contributed by atoms with van der Waals surface area (Å²) < 4.78 is 9.50. The molecular weight excluding hydrogens is 261 g/mol.